The molecule has 146 valence electrons. The van der Waals surface area contributed by atoms with E-state index in [9.17, 15) is 14.4 Å². The second-order valence-electron chi connectivity index (χ2n) is 6.68. The van der Waals surface area contributed by atoms with Gasteiger partial charge >= 0.3 is 5.69 Å². The molecule has 0 bridgehead atoms. The maximum atomic E-state index is 13.0. The molecule has 0 aliphatic carbocycles. The van der Waals surface area contributed by atoms with Crippen LogP contribution < -0.4 is 16.6 Å². The predicted molar refractivity (Wildman–Crippen MR) is 111 cm³/mol. The topological polar surface area (TPSA) is 73.1 Å². The molecule has 2 atom stereocenters. The highest BCUT2D eigenvalue weighted by atomic mass is 35.5. The third kappa shape index (κ3) is 3.60. The molecule has 0 spiro atoms. The molecular weight excluding hydrogens is 378 g/mol. The molecule has 0 radical (unpaired) electrons. The molecule has 1 N–H and O–H groups in total. The Hall–Kier alpha value is -2.86. The van der Waals surface area contributed by atoms with E-state index in [1.165, 1.54) is 4.57 Å². The van der Waals surface area contributed by atoms with Gasteiger partial charge in [0, 0.05) is 11.6 Å². The third-order valence-electron chi connectivity index (χ3n) is 4.87. The zero-order valence-electron chi connectivity index (χ0n) is 16.0. The van der Waals surface area contributed by atoms with Gasteiger partial charge in [-0.05, 0) is 44.5 Å². The van der Waals surface area contributed by atoms with Crippen LogP contribution in [0.2, 0.25) is 5.02 Å². The number of hydrogen-bond donors (Lipinski definition) is 1. The molecule has 3 aromatic rings. The first-order valence-corrected chi connectivity index (χ1v) is 9.52. The first kappa shape index (κ1) is 19.9. The van der Waals surface area contributed by atoms with E-state index in [1.54, 1.807) is 32.0 Å². The fraction of sp³-hybridized carbons (Fsp3) is 0.286. The van der Waals surface area contributed by atoms with Gasteiger partial charge in [-0.1, -0.05) is 41.9 Å². The van der Waals surface area contributed by atoms with Crippen LogP contribution in [0.25, 0.3) is 10.9 Å². The fourth-order valence-electron chi connectivity index (χ4n) is 3.28. The Morgan fingerprint density at radius 2 is 1.79 bits per heavy atom. The Morgan fingerprint density at radius 1 is 1.11 bits per heavy atom. The highest BCUT2D eigenvalue weighted by Gasteiger charge is 2.23. The maximum Gasteiger partial charge on any atom is 0.332 e. The number of halogens is 1. The summed E-state index contributed by atoms with van der Waals surface area (Å²) in [4.78, 5) is 38.5. The van der Waals surface area contributed by atoms with Gasteiger partial charge in [0.2, 0.25) is 5.91 Å². The van der Waals surface area contributed by atoms with Crippen molar-refractivity contribution in [1.82, 2.24) is 14.5 Å². The zero-order valence-corrected chi connectivity index (χ0v) is 16.7. The molecule has 0 unspecified atom stereocenters. The van der Waals surface area contributed by atoms with E-state index in [2.05, 4.69) is 5.32 Å². The molecule has 1 aromatic heterocycles. The average molecular weight is 400 g/mol. The highest BCUT2D eigenvalue weighted by molar-refractivity contribution is 6.31. The Morgan fingerprint density at radius 3 is 2.43 bits per heavy atom. The lowest BCUT2D eigenvalue weighted by Gasteiger charge is -2.22. The largest absolute Gasteiger partial charge is 0.348 e. The number of nitrogens with one attached hydrogen (secondary N) is 1. The van der Waals surface area contributed by atoms with E-state index in [0.717, 1.165) is 10.1 Å². The lowest BCUT2D eigenvalue weighted by atomic mass is 10.1. The summed E-state index contributed by atoms with van der Waals surface area (Å²) in [5, 5.41) is 3.67. The second-order valence-corrected chi connectivity index (χ2v) is 7.12. The average Bonchev–Trinajstić information content (AvgIpc) is 2.68. The van der Waals surface area contributed by atoms with Crippen LogP contribution in [-0.4, -0.2) is 15.0 Å². The van der Waals surface area contributed by atoms with E-state index >= 15 is 0 Å². The van der Waals surface area contributed by atoms with Gasteiger partial charge in [0.15, 0.2) is 0 Å². The van der Waals surface area contributed by atoms with Crippen molar-refractivity contribution >= 4 is 28.4 Å². The second kappa shape index (κ2) is 8.02. The lowest BCUT2D eigenvalue weighted by Crippen LogP contribution is -2.44. The third-order valence-corrected chi connectivity index (χ3v) is 5.11. The van der Waals surface area contributed by atoms with Gasteiger partial charge in [-0.3, -0.25) is 18.7 Å². The lowest BCUT2D eigenvalue weighted by molar-refractivity contribution is -0.124. The molecule has 0 fully saturated rings. The van der Waals surface area contributed by atoms with Crippen molar-refractivity contribution in [2.24, 2.45) is 0 Å². The Bertz CT molecular complexity index is 1140. The molecule has 0 aliphatic rings. The van der Waals surface area contributed by atoms with Gasteiger partial charge in [-0.25, -0.2) is 4.79 Å². The summed E-state index contributed by atoms with van der Waals surface area (Å²) in [5.74, 6) is -0.318. The Balaban J connectivity index is 2.07. The van der Waals surface area contributed by atoms with Gasteiger partial charge in [0.1, 0.15) is 6.04 Å². The maximum absolute atomic E-state index is 13.0. The van der Waals surface area contributed by atoms with Crippen LogP contribution in [-0.2, 0) is 11.3 Å². The van der Waals surface area contributed by atoms with Crippen LogP contribution in [0.15, 0.2) is 58.1 Å². The van der Waals surface area contributed by atoms with Gasteiger partial charge in [0.25, 0.3) is 5.56 Å². The number of benzene rings is 2. The van der Waals surface area contributed by atoms with Crippen LogP contribution in [0.5, 0.6) is 0 Å². The van der Waals surface area contributed by atoms with Crippen LogP contribution in [0, 0.1) is 0 Å². The molecule has 1 heterocycles. The number of carbonyl (C=O) groups excluding carboxylic acids is 1. The minimum Gasteiger partial charge on any atom is -0.348 e. The summed E-state index contributed by atoms with van der Waals surface area (Å²) < 4.78 is 2.46. The molecule has 2 aromatic carbocycles. The van der Waals surface area contributed by atoms with E-state index in [-0.39, 0.29) is 24.1 Å². The van der Waals surface area contributed by atoms with Crippen LogP contribution in [0.1, 0.15) is 38.4 Å². The summed E-state index contributed by atoms with van der Waals surface area (Å²) in [6, 6.07) is 13.2. The minimum atomic E-state index is -0.821. The van der Waals surface area contributed by atoms with E-state index in [1.807, 2.05) is 37.3 Å². The van der Waals surface area contributed by atoms with E-state index in [4.69, 9.17) is 11.6 Å². The molecule has 6 nitrogen and oxygen atoms in total. The molecule has 7 heteroatoms. The molecule has 3 rings (SSSR count). The van der Waals surface area contributed by atoms with Crippen molar-refractivity contribution in [2.75, 3.05) is 0 Å². The van der Waals surface area contributed by atoms with Crippen molar-refractivity contribution < 1.29 is 4.79 Å². The number of fused-ring (bicyclic) bond motifs is 1. The summed E-state index contributed by atoms with van der Waals surface area (Å²) in [6.45, 7) is 5.45. The van der Waals surface area contributed by atoms with Crippen molar-refractivity contribution in [3.63, 3.8) is 0 Å². The molecular formula is C21H22ClN3O3. The van der Waals surface area contributed by atoms with Gasteiger partial charge < -0.3 is 5.32 Å². The molecule has 1 amide bonds. The van der Waals surface area contributed by atoms with Crippen LogP contribution in [0.4, 0.5) is 0 Å². The fourth-order valence-corrected chi connectivity index (χ4v) is 3.45. The Kier molecular flexibility index (Phi) is 5.70. The van der Waals surface area contributed by atoms with E-state index in [0.29, 0.717) is 15.9 Å². The minimum absolute atomic E-state index is 0.213. The van der Waals surface area contributed by atoms with Crippen molar-refractivity contribution in [1.29, 1.82) is 0 Å². The summed E-state index contributed by atoms with van der Waals surface area (Å²) >= 11 is 6.09. The predicted octanol–water partition coefficient (Wildman–Crippen LogP) is 3.27. The van der Waals surface area contributed by atoms with Crippen molar-refractivity contribution in [3.8, 4) is 0 Å². The number of aromatic nitrogens is 2. The quantitative estimate of drug-likeness (QED) is 0.715. The van der Waals surface area contributed by atoms with Crippen molar-refractivity contribution in [3.05, 3.63) is 80.0 Å². The highest BCUT2D eigenvalue weighted by Crippen LogP contribution is 2.20. The zero-order chi connectivity index (χ0) is 20.4. The van der Waals surface area contributed by atoms with Gasteiger partial charge in [-0.15, -0.1) is 0 Å². The molecule has 0 aliphatic heterocycles. The molecule has 28 heavy (non-hydrogen) atoms. The van der Waals surface area contributed by atoms with Gasteiger partial charge in [-0.2, -0.15) is 0 Å². The number of amides is 1. The van der Waals surface area contributed by atoms with Gasteiger partial charge in [0.05, 0.1) is 16.9 Å². The number of hydrogen-bond acceptors (Lipinski definition) is 3. The first-order valence-electron chi connectivity index (χ1n) is 9.15. The summed E-state index contributed by atoms with van der Waals surface area (Å²) in [6.07, 6.45) is 0. The molecule has 0 saturated carbocycles. The van der Waals surface area contributed by atoms with Crippen LogP contribution in [0.3, 0.4) is 0 Å². The SMILES string of the molecule is CCn1c(=O)c2ccc(Cl)cc2n([C@H](C)C(=O)N[C@@H](C)c2ccccc2)c1=O. The monoisotopic (exact) mass is 399 g/mol. The first-order chi connectivity index (χ1) is 13.3. The summed E-state index contributed by atoms with van der Waals surface area (Å²) in [5.41, 5.74) is 0.391. The number of carbonyl (C=O) groups is 1. The van der Waals surface area contributed by atoms with Crippen molar-refractivity contribution in [2.45, 2.75) is 39.4 Å². The van der Waals surface area contributed by atoms with Crippen LogP contribution >= 0.6 is 11.6 Å². The standard InChI is InChI=1S/C21H22ClN3O3/c1-4-24-20(27)17-11-10-16(22)12-18(17)25(21(24)28)14(3)19(26)23-13(2)15-8-6-5-7-9-15/h5-14H,4H2,1-3H3,(H,23,26)/t13-,14+/m0/s1. The Labute approximate surface area is 167 Å². The normalized spacial score (nSPS) is 13.3. The molecule has 0 saturated heterocycles. The summed E-state index contributed by atoms with van der Waals surface area (Å²) in [7, 11) is 0. The smallest absolute Gasteiger partial charge is 0.332 e. The number of rotatable bonds is 5. The number of nitrogens with zero attached hydrogens (tertiary/aromatic N) is 2. The van der Waals surface area contributed by atoms with E-state index < -0.39 is 11.7 Å².